The van der Waals surface area contributed by atoms with Crippen LogP contribution < -0.4 is 0 Å². The number of nitrogens with zero attached hydrogens (tertiary/aromatic N) is 2. The summed E-state index contributed by atoms with van der Waals surface area (Å²) in [6.07, 6.45) is 1.73. The van der Waals surface area contributed by atoms with Gasteiger partial charge in [0.15, 0.2) is 0 Å². The van der Waals surface area contributed by atoms with Crippen molar-refractivity contribution in [1.29, 1.82) is 0 Å². The Hall–Kier alpha value is -1.92. The SMILES string of the molecule is CC(=O)N1CCOCC(O)(CC(=O)N(C)CCCc2ccccc2)C1. The molecule has 138 valence electrons. The Balaban J connectivity index is 1.83. The lowest BCUT2D eigenvalue weighted by molar-refractivity contribution is -0.141. The fourth-order valence-electron chi connectivity index (χ4n) is 3.00. The molecule has 1 saturated heterocycles. The zero-order chi connectivity index (χ0) is 18.3. The highest BCUT2D eigenvalue weighted by Gasteiger charge is 2.36. The molecule has 1 N–H and O–H groups in total. The van der Waals surface area contributed by atoms with Crippen LogP contribution in [0, 0.1) is 0 Å². The summed E-state index contributed by atoms with van der Waals surface area (Å²) in [5, 5.41) is 10.7. The number of aliphatic hydroxyl groups is 1. The van der Waals surface area contributed by atoms with Crippen molar-refractivity contribution in [3.8, 4) is 0 Å². The van der Waals surface area contributed by atoms with Gasteiger partial charge in [0.1, 0.15) is 5.60 Å². The molecule has 1 aromatic carbocycles. The van der Waals surface area contributed by atoms with Gasteiger partial charge in [-0.2, -0.15) is 0 Å². The van der Waals surface area contributed by atoms with E-state index in [1.54, 1.807) is 11.9 Å². The van der Waals surface area contributed by atoms with E-state index in [1.165, 1.54) is 17.4 Å². The Labute approximate surface area is 149 Å². The Morgan fingerprint density at radius 1 is 1.32 bits per heavy atom. The maximum Gasteiger partial charge on any atom is 0.225 e. The normalized spacial score (nSPS) is 20.8. The van der Waals surface area contributed by atoms with Gasteiger partial charge in [-0.3, -0.25) is 9.59 Å². The fourth-order valence-corrected chi connectivity index (χ4v) is 3.00. The molecule has 0 spiro atoms. The van der Waals surface area contributed by atoms with Gasteiger partial charge in [0, 0.05) is 27.1 Å². The van der Waals surface area contributed by atoms with Crippen molar-refractivity contribution in [3.05, 3.63) is 35.9 Å². The van der Waals surface area contributed by atoms with Gasteiger partial charge >= 0.3 is 0 Å². The van der Waals surface area contributed by atoms with E-state index in [9.17, 15) is 14.7 Å². The summed E-state index contributed by atoms with van der Waals surface area (Å²) >= 11 is 0. The molecular formula is C19H28N2O4. The lowest BCUT2D eigenvalue weighted by atomic mass is 9.99. The average Bonchev–Trinajstić information content (AvgIpc) is 2.77. The van der Waals surface area contributed by atoms with E-state index in [-0.39, 0.29) is 31.4 Å². The van der Waals surface area contributed by atoms with E-state index in [4.69, 9.17) is 4.74 Å². The molecule has 0 aromatic heterocycles. The number of ether oxygens (including phenoxy) is 1. The summed E-state index contributed by atoms with van der Waals surface area (Å²) in [6.45, 7) is 3.11. The Bertz CT molecular complexity index is 578. The molecule has 0 aliphatic carbocycles. The number of aryl methyl sites for hydroxylation is 1. The minimum absolute atomic E-state index is 0.0430. The monoisotopic (exact) mass is 348 g/mol. The molecule has 0 bridgehead atoms. The smallest absolute Gasteiger partial charge is 0.225 e. The number of carbonyl (C=O) groups is 2. The maximum absolute atomic E-state index is 12.5. The molecule has 6 heteroatoms. The van der Waals surface area contributed by atoms with Crippen molar-refractivity contribution < 1.29 is 19.4 Å². The second-order valence-corrected chi connectivity index (χ2v) is 6.80. The van der Waals surface area contributed by atoms with Gasteiger partial charge in [0.2, 0.25) is 11.8 Å². The van der Waals surface area contributed by atoms with Crippen molar-refractivity contribution in [2.45, 2.75) is 31.8 Å². The van der Waals surface area contributed by atoms with Crippen molar-refractivity contribution in [2.24, 2.45) is 0 Å². The number of hydrogen-bond donors (Lipinski definition) is 1. The predicted octanol–water partition coefficient (Wildman–Crippen LogP) is 1.08. The highest BCUT2D eigenvalue weighted by molar-refractivity contribution is 5.77. The largest absolute Gasteiger partial charge is 0.385 e. The van der Waals surface area contributed by atoms with Gasteiger partial charge < -0.3 is 19.6 Å². The molecule has 2 amide bonds. The minimum Gasteiger partial charge on any atom is -0.385 e. The highest BCUT2D eigenvalue weighted by Crippen LogP contribution is 2.18. The van der Waals surface area contributed by atoms with Crippen LogP contribution in [0.15, 0.2) is 30.3 Å². The van der Waals surface area contributed by atoms with Crippen LogP contribution in [0.3, 0.4) is 0 Å². The topological polar surface area (TPSA) is 70.1 Å². The average molecular weight is 348 g/mol. The summed E-state index contributed by atoms with van der Waals surface area (Å²) < 4.78 is 5.40. The molecule has 1 unspecified atom stereocenters. The van der Waals surface area contributed by atoms with E-state index in [0.29, 0.717) is 19.7 Å². The maximum atomic E-state index is 12.5. The van der Waals surface area contributed by atoms with Gasteiger partial charge in [-0.25, -0.2) is 0 Å². The molecule has 1 atom stereocenters. The Morgan fingerprint density at radius 3 is 2.72 bits per heavy atom. The van der Waals surface area contributed by atoms with Crippen LogP contribution in [0.2, 0.25) is 0 Å². The Kier molecular flexibility index (Phi) is 6.96. The van der Waals surface area contributed by atoms with Crippen molar-refractivity contribution in [1.82, 2.24) is 9.80 Å². The number of β-amino-alcohol motifs (C(OH)–C–C–N with tert-alkyl or cyclic N) is 1. The summed E-state index contributed by atoms with van der Waals surface area (Å²) in [7, 11) is 1.75. The Morgan fingerprint density at radius 2 is 2.04 bits per heavy atom. The van der Waals surface area contributed by atoms with Crippen molar-refractivity contribution >= 4 is 11.8 Å². The van der Waals surface area contributed by atoms with E-state index in [0.717, 1.165) is 12.8 Å². The number of carbonyl (C=O) groups excluding carboxylic acids is 2. The molecule has 1 heterocycles. The number of rotatable bonds is 6. The molecule has 0 radical (unpaired) electrons. The lowest BCUT2D eigenvalue weighted by Crippen LogP contribution is -2.49. The van der Waals surface area contributed by atoms with E-state index in [2.05, 4.69) is 12.1 Å². The highest BCUT2D eigenvalue weighted by atomic mass is 16.5. The minimum atomic E-state index is -1.33. The molecule has 2 rings (SSSR count). The van der Waals surface area contributed by atoms with Crippen LogP contribution >= 0.6 is 0 Å². The van der Waals surface area contributed by atoms with Crippen molar-refractivity contribution in [3.63, 3.8) is 0 Å². The molecule has 6 nitrogen and oxygen atoms in total. The van der Waals surface area contributed by atoms with Crippen LogP contribution in [0.4, 0.5) is 0 Å². The third kappa shape index (κ3) is 6.14. The first kappa shape index (κ1) is 19.4. The van der Waals surface area contributed by atoms with Crippen LogP contribution in [-0.4, -0.2) is 72.2 Å². The molecular weight excluding hydrogens is 320 g/mol. The van der Waals surface area contributed by atoms with E-state index in [1.807, 2.05) is 18.2 Å². The molecule has 1 fully saturated rings. The first-order chi connectivity index (χ1) is 11.9. The number of benzene rings is 1. The number of amides is 2. The lowest BCUT2D eigenvalue weighted by Gasteiger charge is -2.31. The van der Waals surface area contributed by atoms with Gasteiger partial charge in [-0.05, 0) is 18.4 Å². The van der Waals surface area contributed by atoms with E-state index >= 15 is 0 Å². The second kappa shape index (κ2) is 8.97. The van der Waals surface area contributed by atoms with Crippen LogP contribution in [0.25, 0.3) is 0 Å². The zero-order valence-electron chi connectivity index (χ0n) is 15.1. The molecule has 25 heavy (non-hydrogen) atoms. The summed E-state index contributed by atoms with van der Waals surface area (Å²) in [4.78, 5) is 27.2. The van der Waals surface area contributed by atoms with E-state index < -0.39 is 5.60 Å². The summed E-state index contributed by atoms with van der Waals surface area (Å²) in [5.41, 5.74) is -0.0799. The second-order valence-electron chi connectivity index (χ2n) is 6.80. The van der Waals surface area contributed by atoms with Crippen molar-refractivity contribution in [2.75, 3.05) is 39.9 Å². The van der Waals surface area contributed by atoms with Gasteiger partial charge in [0.25, 0.3) is 0 Å². The quantitative estimate of drug-likeness (QED) is 0.835. The standard InChI is InChI=1S/C19H28N2O4/c1-16(22)21-11-12-25-15-19(24,14-21)13-18(23)20(2)10-6-9-17-7-4-3-5-8-17/h3-5,7-8,24H,6,9-15H2,1-2H3. The summed E-state index contributed by atoms with van der Waals surface area (Å²) in [6, 6.07) is 10.1. The summed E-state index contributed by atoms with van der Waals surface area (Å²) in [5.74, 6) is -0.253. The van der Waals surface area contributed by atoms with Crippen LogP contribution in [-0.2, 0) is 20.7 Å². The molecule has 0 saturated carbocycles. The van der Waals surface area contributed by atoms with Gasteiger partial charge in [-0.1, -0.05) is 30.3 Å². The molecule has 1 aromatic rings. The molecule has 1 aliphatic heterocycles. The number of hydrogen-bond acceptors (Lipinski definition) is 4. The zero-order valence-corrected chi connectivity index (χ0v) is 15.1. The third-order valence-electron chi connectivity index (χ3n) is 4.51. The fraction of sp³-hybridized carbons (Fsp3) is 0.579. The molecule has 1 aliphatic rings. The van der Waals surface area contributed by atoms with Crippen LogP contribution in [0.1, 0.15) is 25.3 Å². The van der Waals surface area contributed by atoms with Gasteiger partial charge in [-0.15, -0.1) is 0 Å². The predicted molar refractivity (Wildman–Crippen MR) is 95.0 cm³/mol. The van der Waals surface area contributed by atoms with Gasteiger partial charge in [0.05, 0.1) is 26.2 Å². The third-order valence-corrected chi connectivity index (χ3v) is 4.51. The first-order valence-corrected chi connectivity index (χ1v) is 8.73. The van der Waals surface area contributed by atoms with Crippen LogP contribution in [0.5, 0.6) is 0 Å². The first-order valence-electron chi connectivity index (χ1n) is 8.73.